The first-order valence-electron chi connectivity index (χ1n) is 10.7. The average Bonchev–Trinajstić information content (AvgIpc) is 3.39. The zero-order valence-corrected chi connectivity index (χ0v) is 18.3. The van der Waals surface area contributed by atoms with Crippen LogP contribution in [0.5, 0.6) is 0 Å². The number of hydrogen-bond donors (Lipinski definition) is 2. The molecule has 0 aliphatic rings. The van der Waals surface area contributed by atoms with Crippen LogP contribution in [-0.2, 0) is 9.59 Å². The van der Waals surface area contributed by atoms with Gasteiger partial charge in [-0.15, -0.1) is 0 Å². The zero-order chi connectivity index (χ0) is 23.0. The van der Waals surface area contributed by atoms with Gasteiger partial charge in [0.25, 0.3) is 0 Å². The minimum Gasteiger partial charge on any atom is -0.326 e. The molecule has 0 radical (unpaired) electrons. The van der Waals surface area contributed by atoms with Crippen LogP contribution in [-0.4, -0.2) is 26.6 Å². The second-order valence-electron chi connectivity index (χ2n) is 7.74. The van der Waals surface area contributed by atoms with Gasteiger partial charge in [0.2, 0.25) is 11.8 Å². The van der Waals surface area contributed by atoms with E-state index in [1.54, 1.807) is 31.2 Å². The van der Waals surface area contributed by atoms with Gasteiger partial charge in [-0.3, -0.25) is 9.59 Å². The predicted molar refractivity (Wildman–Crippen MR) is 128 cm³/mol. The summed E-state index contributed by atoms with van der Waals surface area (Å²) in [6.45, 7) is 1.74. The second kappa shape index (κ2) is 10.4. The van der Waals surface area contributed by atoms with Gasteiger partial charge in [0, 0.05) is 23.7 Å². The van der Waals surface area contributed by atoms with Crippen molar-refractivity contribution in [1.82, 2.24) is 14.8 Å². The van der Waals surface area contributed by atoms with Gasteiger partial charge >= 0.3 is 0 Å². The number of nitrogens with zero attached hydrogens (tertiary/aromatic N) is 3. The van der Waals surface area contributed by atoms with E-state index < -0.39 is 6.04 Å². The summed E-state index contributed by atoms with van der Waals surface area (Å²) in [4.78, 5) is 29.1. The number of rotatable bonds is 8. The first-order chi connectivity index (χ1) is 16.1. The molecule has 2 amide bonds. The number of nitrogens with one attached hydrogen (secondary N) is 2. The second-order valence-corrected chi connectivity index (χ2v) is 7.74. The molecular weight excluding hydrogens is 414 g/mol. The maximum absolute atomic E-state index is 12.9. The lowest BCUT2D eigenvalue weighted by atomic mass is 9.88. The van der Waals surface area contributed by atoms with Gasteiger partial charge in [0.05, 0.1) is 0 Å². The van der Waals surface area contributed by atoms with Gasteiger partial charge in [-0.2, -0.15) is 5.10 Å². The van der Waals surface area contributed by atoms with Crippen molar-refractivity contribution in [3.05, 3.63) is 109 Å². The molecule has 1 aromatic heterocycles. The van der Waals surface area contributed by atoms with Crippen molar-refractivity contribution in [2.45, 2.75) is 25.3 Å². The molecular formula is C26H25N5O2. The Bertz CT molecular complexity index is 1140. The quantitative estimate of drug-likeness (QED) is 0.419. The van der Waals surface area contributed by atoms with Crippen molar-refractivity contribution < 1.29 is 9.59 Å². The molecule has 7 nitrogen and oxygen atoms in total. The average molecular weight is 440 g/mol. The Morgan fingerprint density at radius 2 is 1.36 bits per heavy atom. The Morgan fingerprint density at radius 1 is 0.818 bits per heavy atom. The van der Waals surface area contributed by atoms with Crippen molar-refractivity contribution in [3.63, 3.8) is 0 Å². The highest BCUT2D eigenvalue weighted by molar-refractivity contribution is 5.94. The Morgan fingerprint density at radius 3 is 1.88 bits per heavy atom. The number of anilines is 2. The van der Waals surface area contributed by atoms with Crippen molar-refractivity contribution in [2.75, 3.05) is 10.6 Å². The van der Waals surface area contributed by atoms with E-state index in [1.165, 1.54) is 17.3 Å². The van der Waals surface area contributed by atoms with Crippen LogP contribution in [0.4, 0.5) is 11.4 Å². The van der Waals surface area contributed by atoms with Crippen LogP contribution < -0.4 is 10.6 Å². The maximum Gasteiger partial charge on any atom is 0.249 e. The summed E-state index contributed by atoms with van der Waals surface area (Å²) in [6.07, 6.45) is 3.21. The largest absolute Gasteiger partial charge is 0.326 e. The van der Waals surface area contributed by atoms with Crippen molar-refractivity contribution in [3.8, 4) is 0 Å². The van der Waals surface area contributed by atoms with E-state index in [4.69, 9.17) is 0 Å². The normalized spacial score (nSPS) is 11.7. The van der Waals surface area contributed by atoms with E-state index >= 15 is 0 Å². The molecule has 166 valence electrons. The number of carbonyl (C=O) groups is 2. The van der Waals surface area contributed by atoms with Crippen LogP contribution in [0.3, 0.4) is 0 Å². The molecule has 0 fully saturated rings. The van der Waals surface area contributed by atoms with E-state index in [-0.39, 0.29) is 17.7 Å². The number of amides is 2. The number of benzene rings is 3. The van der Waals surface area contributed by atoms with Gasteiger partial charge in [0.15, 0.2) is 0 Å². The molecule has 4 rings (SSSR count). The molecule has 7 heteroatoms. The monoisotopic (exact) mass is 439 g/mol. The van der Waals surface area contributed by atoms with Gasteiger partial charge in [0.1, 0.15) is 18.7 Å². The number of carbonyl (C=O) groups excluding carboxylic acids is 2. The first kappa shape index (κ1) is 22.0. The smallest absolute Gasteiger partial charge is 0.249 e. The molecule has 0 aliphatic heterocycles. The Kier molecular flexibility index (Phi) is 6.90. The summed E-state index contributed by atoms with van der Waals surface area (Å²) in [5.74, 6) is -0.320. The molecule has 2 N–H and O–H groups in total. The third-order valence-corrected chi connectivity index (χ3v) is 5.44. The molecule has 0 aliphatic carbocycles. The minimum atomic E-state index is -0.486. The Hall–Kier alpha value is -4.26. The zero-order valence-electron chi connectivity index (χ0n) is 18.3. The number of hydrogen-bond acceptors (Lipinski definition) is 4. The third-order valence-electron chi connectivity index (χ3n) is 5.44. The minimum absolute atomic E-state index is 0.0377. The van der Waals surface area contributed by atoms with E-state index in [2.05, 4.69) is 20.7 Å². The predicted octanol–water partition coefficient (Wildman–Crippen LogP) is 4.64. The molecule has 3 aromatic carbocycles. The van der Waals surface area contributed by atoms with Crippen molar-refractivity contribution >= 4 is 23.2 Å². The molecule has 33 heavy (non-hydrogen) atoms. The van der Waals surface area contributed by atoms with Gasteiger partial charge < -0.3 is 10.6 Å². The van der Waals surface area contributed by atoms with Gasteiger partial charge in [-0.25, -0.2) is 9.67 Å². The Labute approximate surface area is 192 Å². The van der Waals surface area contributed by atoms with Crippen LogP contribution in [0.25, 0.3) is 0 Å². The van der Waals surface area contributed by atoms with E-state index in [0.717, 1.165) is 11.1 Å². The van der Waals surface area contributed by atoms with Gasteiger partial charge in [-0.05, 0) is 42.3 Å². The topological polar surface area (TPSA) is 88.9 Å². The summed E-state index contributed by atoms with van der Waals surface area (Å²) in [7, 11) is 0. The summed E-state index contributed by atoms with van der Waals surface area (Å²) in [5.41, 5.74) is 3.50. The summed E-state index contributed by atoms with van der Waals surface area (Å²) in [5, 5.41) is 9.80. The molecule has 1 unspecified atom stereocenters. The molecule has 0 saturated carbocycles. The first-order valence-corrected chi connectivity index (χ1v) is 10.7. The van der Waals surface area contributed by atoms with Crippen LogP contribution in [0.2, 0.25) is 0 Å². The summed E-state index contributed by atoms with van der Waals surface area (Å²) in [6, 6.07) is 26.6. The lowest BCUT2D eigenvalue weighted by molar-refractivity contribution is -0.119. The Balaban J connectivity index is 1.39. The number of aromatic nitrogens is 3. The van der Waals surface area contributed by atoms with Crippen LogP contribution >= 0.6 is 0 Å². The van der Waals surface area contributed by atoms with Crippen LogP contribution in [0, 0.1) is 0 Å². The van der Waals surface area contributed by atoms with Crippen LogP contribution in [0.15, 0.2) is 97.6 Å². The van der Waals surface area contributed by atoms with Crippen LogP contribution in [0.1, 0.15) is 36.4 Å². The molecule has 1 atom stereocenters. The van der Waals surface area contributed by atoms with E-state index in [0.29, 0.717) is 17.8 Å². The fourth-order valence-corrected chi connectivity index (χ4v) is 3.62. The molecule has 0 saturated heterocycles. The molecule has 0 spiro atoms. The SMILES string of the molecule is CC(C(=O)Nc1ccc(NC(=O)CC(c2ccccc2)c2ccccc2)cc1)n1cncn1. The summed E-state index contributed by atoms with van der Waals surface area (Å²) < 4.78 is 1.49. The molecule has 4 aromatic rings. The summed E-state index contributed by atoms with van der Waals surface area (Å²) >= 11 is 0. The highest BCUT2D eigenvalue weighted by Gasteiger charge is 2.19. The fourth-order valence-electron chi connectivity index (χ4n) is 3.62. The van der Waals surface area contributed by atoms with Gasteiger partial charge in [-0.1, -0.05) is 60.7 Å². The standard InChI is InChI=1S/C26H25N5O2/c1-19(31-18-27-17-28-31)26(33)30-23-14-12-22(13-15-23)29-25(32)16-24(20-8-4-2-5-9-20)21-10-6-3-7-11-21/h2-15,17-19,24H,16H2,1H3,(H,29,32)(H,30,33). The lowest BCUT2D eigenvalue weighted by Crippen LogP contribution is -2.24. The maximum atomic E-state index is 12.9. The fraction of sp³-hybridized carbons (Fsp3) is 0.154. The van der Waals surface area contributed by atoms with E-state index in [9.17, 15) is 9.59 Å². The molecule has 1 heterocycles. The van der Waals surface area contributed by atoms with Crippen molar-refractivity contribution in [1.29, 1.82) is 0 Å². The third kappa shape index (κ3) is 5.71. The highest BCUT2D eigenvalue weighted by Crippen LogP contribution is 2.28. The van der Waals surface area contributed by atoms with Crippen molar-refractivity contribution in [2.24, 2.45) is 0 Å². The highest BCUT2D eigenvalue weighted by atomic mass is 16.2. The lowest BCUT2D eigenvalue weighted by Gasteiger charge is -2.18. The van der Waals surface area contributed by atoms with E-state index in [1.807, 2.05) is 60.7 Å². The molecule has 0 bridgehead atoms.